The van der Waals surface area contributed by atoms with Gasteiger partial charge in [-0.05, 0) is 18.2 Å². The fourth-order valence-corrected chi connectivity index (χ4v) is 2.60. The van der Waals surface area contributed by atoms with Crippen molar-refractivity contribution in [1.82, 2.24) is 9.78 Å². The van der Waals surface area contributed by atoms with Gasteiger partial charge in [0.1, 0.15) is 12.3 Å². The normalized spacial score (nSPS) is 11.1. The maximum atomic E-state index is 12.6. The second kappa shape index (κ2) is 8.73. The minimum atomic E-state index is -4.63. The number of carbonyl (C=O) groups is 1. The van der Waals surface area contributed by atoms with Crippen molar-refractivity contribution in [2.75, 3.05) is 12.4 Å². The lowest BCUT2D eigenvalue weighted by Crippen LogP contribution is -2.19. The highest BCUT2D eigenvalue weighted by Gasteiger charge is 2.33. The molecule has 0 bridgehead atoms. The molecule has 31 heavy (non-hydrogen) atoms. The molecule has 1 amide bonds. The Balaban J connectivity index is 1.79. The summed E-state index contributed by atoms with van der Waals surface area (Å²) in [5.41, 5.74) is -1.48. The minimum Gasteiger partial charge on any atom is -0.493 e. The Morgan fingerprint density at radius 3 is 2.52 bits per heavy atom. The number of carbonyl (C=O) groups excluding carboxylic acids is 1. The molecule has 3 rings (SSSR count). The van der Waals surface area contributed by atoms with Crippen LogP contribution in [0.5, 0.6) is 17.2 Å². The van der Waals surface area contributed by atoms with Crippen LogP contribution in [0.2, 0.25) is 0 Å². The molecule has 3 aromatic rings. The number of anilines is 1. The summed E-state index contributed by atoms with van der Waals surface area (Å²) in [4.78, 5) is 22.8. The molecule has 2 aromatic carbocycles. The largest absolute Gasteiger partial charge is 0.493 e. The number of nitrogens with zero attached hydrogens (tertiary/aromatic N) is 3. The van der Waals surface area contributed by atoms with Gasteiger partial charge in [0.25, 0.3) is 5.69 Å². The maximum absolute atomic E-state index is 12.6. The predicted octanol–water partition coefficient (Wildman–Crippen LogP) is 4.25. The number of hydrogen-bond acceptors (Lipinski definition) is 6. The number of hydrogen-bond donors (Lipinski definition) is 1. The number of methoxy groups -OCH3 is 1. The van der Waals surface area contributed by atoms with Crippen LogP contribution in [0.25, 0.3) is 0 Å². The summed E-state index contributed by atoms with van der Waals surface area (Å²) in [6.45, 7) is -0.526. The van der Waals surface area contributed by atoms with Crippen molar-refractivity contribution in [1.29, 1.82) is 0 Å². The van der Waals surface area contributed by atoms with Crippen LogP contribution < -0.4 is 14.8 Å². The average Bonchev–Trinajstić information content (AvgIpc) is 3.17. The van der Waals surface area contributed by atoms with Crippen LogP contribution in [0.4, 0.5) is 24.5 Å². The molecule has 9 nitrogen and oxygen atoms in total. The van der Waals surface area contributed by atoms with Crippen LogP contribution >= 0.6 is 0 Å². The first-order valence-electron chi connectivity index (χ1n) is 8.66. The lowest BCUT2D eigenvalue weighted by atomic mass is 10.2. The maximum Gasteiger partial charge on any atom is 0.435 e. The monoisotopic (exact) mass is 436 g/mol. The van der Waals surface area contributed by atoms with E-state index in [1.54, 1.807) is 24.3 Å². The second-order valence-corrected chi connectivity index (χ2v) is 6.17. The van der Waals surface area contributed by atoms with E-state index in [1.165, 1.54) is 13.2 Å². The van der Waals surface area contributed by atoms with Gasteiger partial charge in [0, 0.05) is 18.3 Å². The molecule has 1 heterocycles. The molecular formula is C19H15F3N4O5. The number of non-ortho nitro benzene ring substituents is 1. The van der Waals surface area contributed by atoms with E-state index in [0.717, 1.165) is 29.1 Å². The summed E-state index contributed by atoms with van der Waals surface area (Å²) in [6, 6.07) is 10.9. The molecule has 0 unspecified atom stereocenters. The molecule has 1 N–H and O–H groups in total. The minimum absolute atomic E-state index is 0.0206. The molecule has 0 radical (unpaired) electrons. The van der Waals surface area contributed by atoms with Crippen molar-refractivity contribution >= 4 is 17.3 Å². The van der Waals surface area contributed by atoms with Gasteiger partial charge < -0.3 is 14.8 Å². The molecule has 0 spiro atoms. The first-order valence-corrected chi connectivity index (χ1v) is 8.66. The van der Waals surface area contributed by atoms with Crippen molar-refractivity contribution in [3.8, 4) is 17.2 Å². The lowest BCUT2D eigenvalue weighted by Gasteiger charge is -2.12. The van der Waals surface area contributed by atoms with Crippen LogP contribution in [0, 0.1) is 10.1 Å². The highest BCUT2D eigenvalue weighted by molar-refractivity contribution is 5.91. The smallest absolute Gasteiger partial charge is 0.435 e. The van der Waals surface area contributed by atoms with Crippen LogP contribution in [-0.2, 0) is 17.5 Å². The Hall–Kier alpha value is -4.09. The Bertz CT molecular complexity index is 1110. The summed E-state index contributed by atoms with van der Waals surface area (Å²) < 4.78 is 49.5. The Labute approximate surface area is 173 Å². The van der Waals surface area contributed by atoms with Crippen LogP contribution in [0.1, 0.15) is 5.69 Å². The molecule has 0 saturated carbocycles. The predicted molar refractivity (Wildman–Crippen MR) is 102 cm³/mol. The Morgan fingerprint density at radius 2 is 1.90 bits per heavy atom. The number of halogens is 3. The molecule has 0 fully saturated rings. The number of nitro groups is 1. The highest BCUT2D eigenvalue weighted by atomic mass is 19.4. The van der Waals surface area contributed by atoms with E-state index in [-0.39, 0.29) is 17.1 Å². The molecule has 0 aliphatic carbocycles. The summed E-state index contributed by atoms with van der Waals surface area (Å²) in [5.74, 6) is -0.00857. The molecule has 1 aromatic heterocycles. The standard InChI is InChI=1S/C19H15F3N4O5/c1-30-15-4-2-3-5-16(15)31-14-9-12(8-13(10-14)26(28)29)23-18(27)11-25-7-6-17(24-25)19(20,21)22/h2-10H,11H2,1H3,(H,23,27). The van der Waals surface area contributed by atoms with Gasteiger partial charge in [-0.3, -0.25) is 19.6 Å². The van der Waals surface area contributed by atoms with E-state index < -0.39 is 29.2 Å². The first-order chi connectivity index (χ1) is 14.7. The molecule has 12 heteroatoms. The third-order valence-electron chi connectivity index (χ3n) is 3.92. The summed E-state index contributed by atoms with van der Waals surface area (Å²) in [6.07, 6.45) is -3.63. The fraction of sp³-hybridized carbons (Fsp3) is 0.158. The van der Waals surface area contributed by atoms with Gasteiger partial charge in [-0.1, -0.05) is 12.1 Å². The lowest BCUT2D eigenvalue weighted by molar-refractivity contribution is -0.384. The van der Waals surface area contributed by atoms with E-state index >= 15 is 0 Å². The van der Waals surface area contributed by atoms with Gasteiger partial charge in [-0.15, -0.1) is 0 Å². The van der Waals surface area contributed by atoms with Crippen molar-refractivity contribution in [2.45, 2.75) is 12.7 Å². The third-order valence-corrected chi connectivity index (χ3v) is 3.92. The fourth-order valence-electron chi connectivity index (χ4n) is 2.60. The summed E-state index contributed by atoms with van der Waals surface area (Å²) in [5, 5.41) is 16.9. The number of benzene rings is 2. The van der Waals surface area contributed by atoms with Crippen molar-refractivity contribution < 1.29 is 32.4 Å². The number of ether oxygens (including phenoxy) is 2. The zero-order valence-corrected chi connectivity index (χ0v) is 15.9. The number of nitro benzene ring substituents is 1. The zero-order chi connectivity index (χ0) is 22.6. The average molecular weight is 436 g/mol. The van der Waals surface area contributed by atoms with Crippen molar-refractivity contribution in [2.24, 2.45) is 0 Å². The van der Waals surface area contributed by atoms with E-state index in [0.29, 0.717) is 11.5 Å². The highest BCUT2D eigenvalue weighted by Crippen LogP contribution is 2.34. The Morgan fingerprint density at radius 1 is 1.19 bits per heavy atom. The second-order valence-electron chi connectivity index (χ2n) is 6.17. The van der Waals surface area contributed by atoms with E-state index in [4.69, 9.17) is 9.47 Å². The van der Waals surface area contributed by atoms with Gasteiger partial charge in [-0.2, -0.15) is 18.3 Å². The molecule has 0 saturated heterocycles. The number of aromatic nitrogens is 2. The summed E-state index contributed by atoms with van der Waals surface area (Å²) >= 11 is 0. The van der Waals surface area contributed by atoms with Gasteiger partial charge >= 0.3 is 6.18 Å². The number of para-hydroxylation sites is 2. The van der Waals surface area contributed by atoms with E-state index in [2.05, 4.69) is 10.4 Å². The van der Waals surface area contributed by atoms with Crippen LogP contribution in [0.3, 0.4) is 0 Å². The number of nitrogens with one attached hydrogen (secondary N) is 1. The van der Waals surface area contributed by atoms with Crippen LogP contribution in [-0.4, -0.2) is 27.7 Å². The zero-order valence-electron chi connectivity index (χ0n) is 15.9. The van der Waals surface area contributed by atoms with E-state index in [1.807, 2.05) is 0 Å². The van der Waals surface area contributed by atoms with Gasteiger partial charge in [-0.25, -0.2) is 0 Å². The topological polar surface area (TPSA) is 109 Å². The van der Waals surface area contributed by atoms with Gasteiger partial charge in [0.2, 0.25) is 5.91 Å². The van der Waals surface area contributed by atoms with E-state index in [9.17, 15) is 28.1 Å². The molecular weight excluding hydrogens is 421 g/mol. The van der Waals surface area contributed by atoms with Gasteiger partial charge in [0.15, 0.2) is 17.2 Å². The number of rotatable bonds is 7. The number of alkyl halides is 3. The van der Waals surface area contributed by atoms with Crippen molar-refractivity contribution in [3.63, 3.8) is 0 Å². The number of amides is 1. The third kappa shape index (κ3) is 5.50. The van der Waals surface area contributed by atoms with Gasteiger partial charge in [0.05, 0.1) is 23.8 Å². The quantitative estimate of drug-likeness (QED) is 0.438. The molecule has 0 atom stereocenters. The van der Waals surface area contributed by atoms with Crippen LogP contribution in [0.15, 0.2) is 54.7 Å². The first kappa shape index (κ1) is 21.6. The molecule has 0 aliphatic rings. The molecule has 162 valence electrons. The SMILES string of the molecule is COc1ccccc1Oc1cc(NC(=O)Cn2ccc(C(F)(F)F)n2)cc([N+](=O)[O-])c1. The molecule has 0 aliphatic heterocycles. The van der Waals surface area contributed by atoms with Crippen molar-refractivity contribution in [3.05, 3.63) is 70.5 Å². The summed E-state index contributed by atoms with van der Waals surface area (Å²) in [7, 11) is 1.43. The Kier molecular flexibility index (Phi) is 6.09.